The van der Waals surface area contributed by atoms with Gasteiger partial charge in [0.15, 0.2) is 0 Å². The summed E-state index contributed by atoms with van der Waals surface area (Å²) >= 11 is 6.97. The average Bonchev–Trinajstić information content (AvgIpc) is 2.27. The molecule has 0 spiro atoms. The molecule has 1 aliphatic rings. The van der Waals surface area contributed by atoms with Gasteiger partial charge in [-0.25, -0.2) is 0 Å². The van der Waals surface area contributed by atoms with Gasteiger partial charge in [-0.2, -0.15) is 0 Å². The van der Waals surface area contributed by atoms with Crippen LogP contribution < -0.4 is 11.1 Å². The topological polar surface area (TPSA) is 41.3 Å². The van der Waals surface area contributed by atoms with Gasteiger partial charge in [0.25, 0.3) is 0 Å². The van der Waals surface area contributed by atoms with Crippen LogP contribution in [0.15, 0.2) is 21.1 Å². The number of nitrogen functional groups attached to an aromatic ring is 1. The number of piperazine rings is 1. The maximum Gasteiger partial charge on any atom is 0.0504 e. The monoisotopic (exact) mass is 427 g/mol. The number of halogens is 3. The van der Waals surface area contributed by atoms with E-state index in [9.17, 15) is 0 Å². The Hall–Kier alpha value is 0.380. The molecule has 6 heteroatoms. The van der Waals surface area contributed by atoms with Crippen molar-refractivity contribution in [3.63, 3.8) is 0 Å². The Balaban J connectivity index is 0.00000144. The van der Waals surface area contributed by atoms with E-state index in [1.165, 1.54) is 5.56 Å². The number of benzene rings is 1. The van der Waals surface area contributed by atoms with E-state index in [1.54, 1.807) is 0 Å². The molecular formula is C11H16Br3N3. The second kappa shape index (κ2) is 7.09. The van der Waals surface area contributed by atoms with E-state index in [4.69, 9.17) is 5.73 Å². The number of nitrogens with two attached hydrogens (primary N) is 1. The molecule has 3 nitrogen and oxygen atoms in total. The molecule has 0 atom stereocenters. The lowest BCUT2D eigenvalue weighted by molar-refractivity contribution is 0.233. The SMILES string of the molecule is Br.Nc1c(Br)cc(Br)cc1CN1CCNCC1. The van der Waals surface area contributed by atoms with Crippen LogP contribution in [0.5, 0.6) is 0 Å². The summed E-state index contributed by atoms with van der Waals surface area (Å²) in [4.78, 5) is 2.42. The van der Waals surface area contributed by atoms with Crippen molar-refractivity contribution < 1.29 is 0 Å². The molecule has 0 amide bonds. The van der Waals surface area contributed by atoms with Gasteiger partial charge in [0.05, 0.1) is 5.69 Å². The molecule has 17 heavy (non-hydrogen) atoms. The summed E-state index contributed by atoms with van der Waals surface area (Å²) in [6.07, 6.45) is 0. The quantitative estimate of drug-likeness (QED) is 0.710. The van der Waals surface area contributed by atoms with E-state index >= 15 is 0 Å². The van der Waals surface area contributed by atoms with E-state index in [1.807, 2.05) is 6.07 Å². The number of hydrogen-bond acceptors (Lipinski definition) is 3. The highest BCUT2D eigenvalue weighted by atomic mass is 79.9. The van der Waals surface area contributed by atoms with Crippen LogP contribution in [-0.4, -0.2) is 31.1 Å². The molecule has 0 saturated carbocycles. The van der Waals surface area contributed by atoms with Crippen molar-refractivity contribution in [1.29, 1.82) is 0 Å². The normalized spacial score (nSPS) is 16.6. The van der Waals surface area contributed by atoms with Crippen LogP contribution in [0.1, 0.15) is 5.56 Å². The Bertz CT molecular complexity index is 378. The molecule has 0 bridgehead atoms. The van der Waals surface area contributed by atoms with E-state index in [2.05, 4.69) is 48.1 Å². The highest BCUT2D eigenvalue weighted by Gasteiger charge is 2.13. The van der Waals surface area contributed by atoms with Gasteiger partial charge in [0, 0.05) is 41.7 Å². The van der Waals surface area contributed by atoms with Crippen LogP contribution in [0.3, 0.4) is 0 Å². The molecular weight excluding hydrogens is 414 g/mol. The van der Waals surface area contributed by atoms with Crippen LogP contribution in [-0.2, 0) is 6.54 Å². The van der Waals surface area contributed by atoms with Crippen molar-refractivity contribution in [2.45, 2.75) is 6.54 Å². The molecule has 0 aliphatic carbocycles. The van der Waals surface area contributed by atoms with Gasteiger partial charge in [0.1, 0.15) is 0 Å². The minimum absolute atomic E-state index is 0. The van der Waals surface area contributed by atoms with Crippen LogP contribution in [0.25, 0.3) is 0 Å². The third kappa shape index (κ3) is 4.21. The summed E-state index contributed by atoms with van der Waals surface area (Å²) < 4.78 is 2.03. The van der Waals surface area contributed by atoms with Crippen LogP contribution in [0, 0.1) is 0 Å². The van der Waals surface area contributed by atoms with Gasteiger partial charge in [-0.15, -0.1) is 17.0 Å². The predicted molar refractivity (Wildman–Crippen MR) is 84.7 cm³/mol. The standard InChI is InChI=1S/C11H15Br2N3.BrH/c12-9-5-8(11(14)10(13)6-9)7-16-3-1-15-2-4-16;/h5-6,15H,1-4,7,14H2;1H. The first-order chi connectivity index (χ1) is 7.66. The predicted octanol–water partition coefficient (Wildman–Crippen LogP) is 2.78. The van der Waals surface area contributed by atoms with Crippen LogP contribution in [0.4, 0.5) is 5.69 Å². The Morgan fingerprint density at radius 2 is 1.88 bits per heavy atom. The molecule has 2 rings (SSSR count). The van der Waals surface area contributed by atoms with Crippen molar-refractivity contribution >= 4 is 54.5 Å². The number of nitrogens with zero attached hydrogens (tertiary/aromatic N) is 1. The number of anilines is 1. The van der Waals surface area contributed by atoms with E-state index in [0.717, 1.165) is 47.4 Å². The zero-order chi connectivity index (χ0) is 11.5. The lowest BCUT2D eigenvalue weighted by Gasteiger charge is -2.27. The fraction of sp³-hybridized carbons (Fsp3) is 0.455. The largest absolute Gasteiger partial charge is 0.398 e. The summed E-state index contributed by atoms with van der Waals surface area (Å²) in [5.41, 5.74) is 8.09. The highest BCUT2D eigenvalue weighted by molar-refractivity contribution is 9.11. The Labute approximate surface area is 129 Å². The summed E-state index contributed by atoms with van der Waals surface area (Å²) in [5, 5.41) is 3.35. The van der Waals surface area contributed by atoms with E-state index in [0.29, 0.717) is 0 Å². The molecule has 3 N–H and O–H groups in total. The molecule has 0 aromatic heterocycles. The summed E-state index contributed by atoms with van der Waals surface area (Å²) in [6, 6.07) is 4.08. The van der Waals surface area contributed by atoms with Crippen molar-refractivity contribution in [3.05, 3.63) is 26.6 Å². The second-order valence-electron chi connectivity index (χ2n) is 3.99. The average molecular weight is 430 g/mol. The molecule has 0 unspecified atom stereocenters. The van der Waals surface area contributed by atoms with Gasteiger partial charge < -0.3 is 11.1 Å². The number of rotatable bonds is 2. The molecule has 1 heterocycles. The van der Waals surface area contributed by atoms with E-state index < -0.39 is 0 Å². The lowest BCUT2D eigenvalue weighted by Crippen LogP contribution is -2.43. The van der Waals surface area contributed by atoms with Gasteiger partial charge in [0.2, 0.25) is 0 Å². The Kier molecular flexibility index (Phi) is 6.44. The smallest absolute Gasteiger partial charge is 0.0504 e. The minimum Gasteiger partial charge on any atom is -0.398 e. The first kappa shape index (κ1) is 15.4. The molecule has 1 saturated heterocycles. The summed E-state index contributed by atoms with van der Waals surface area (Å²) in [6.45, 7) is 5.23. The molecule has 0 radical (unpaired) electrons. The minimum atomic E-state index is 0. The fourth-order valence-electron chi connectivity index (χ4n) is 1.88. The Morgan fingerprint density at radius 1 is 1.24 bits per heavy atom. The maximum absolute atomic E-state index is 6.06. The van der Waals surface area contributed by atoms with Crippen LogP contribution in [0.2, 0.25) is 0 Å². The summed E-state index contributed by atoms with van der Waals surface area (Å²) in [7, 11) is 0. The third-order valence-electron chi connectivity index (χ3n) is 2.78. The molecule has 1 aromatic carbocycles. The Morgan fingerprint density at radius 3 is 2.53 bits per heavy atom. The second-order valence-corrected chi connectivity index (χ2v) is 5.76. The summed E-state index contributed by atoms with van der Waals surface area (Å²) in [5.74, 6) is 0. The first-order valence-electron chi connectivity index (χ1n) is 5.33. The van der Waals surface area contributed by atoms with E-state index in [-0.39, 0.29) is 17.0 Å². The van der Waals surface area contributed by atoms with Crippen molar-refractivity contribution in [2.24, 2.45) is 0 Å². The third-order valence-corrected chi connectivity index (χ3v) is 3.90. The van der Waals surface area contributed by atoms with Crippen molar-refractivity contribution in [3.8, 4) is 0 Å². The first-order valence-corrected chi connectivity index (χ1v) is 6.92. The molecule has 1 fully saturated rings. The highest BCUT2D eigenvalue weighted by Crippen LogP contribution is 2.29. The fourth-order valence-corrected chi connectivity index (χ4v) is 3.19. The van der Waals surface area contributed by atoms with Crippen molar-refractivity contribution in [2.75, 3.05) is 31.9 Å². The molecule has 1 aromatic rings. The van der Waals surface area contributed by atoms with Gasteiger partial charge in [-0.3, -0.25) is 4.90 Å². The zero-order valence-corrected chi connectivity index (χ0v) is 14.3. The maximum atomic E-state index is 6.06. The number of hydrogen-bond donors (Lipinski definition) is 2. The van der Waals surface area contributed by atoms with Crippen molar-refractivity contribution in [1.82, 2.24) is 10.2 Å². The van der Waals surface area contributed by atoms with Gasteiger partial charge in [-0.1, -0.05) is 15.9 Å². The lowest BCUT2D eigenvalue weighted by atomic mass is 10.1. The number of nitrogens with one attached hydrogen (secondary N) is 1. The van der Waals surface area contributed by atoms with Gasteiger partial charge in [-0.05, 0) is 33.6 Å². The molecule has 1 aliphatic heterocycles. The van der Waals surface area contributed by atoms with Gasteiger partial charge >= 0.3 is 0 Å². The zero-order valence-electron chi connectivity index (χ0n) is 9.38. The molecule has 96 valence electrons. The van der Waals surface area contributed by atoms with Crippen LogP contribution >= 0.6 is 48.8 Å².